The third-order valence-corrected chi connectivity index (χ3v) is 5.47. The van der Waals surface area contributed by atoms with Crippen molar-refractivity contribution in [1.82, 2.24) is 15.5 Å². The van der Waals surface area contributed by atoms with Gasteiger partial charge in [0, 0.05) is 6.54 Å². The molecule has 1 aromatic carbocycles. The van der Waals surface area contributed by atoms with Crippen LogP contribution in [0.1, 0.15) is 18.4 Å². The summed E-state index contributed by atoms with van der Waals surface area (Å²) in [6, 6.07) is 3.63. The maximum absolute atomic E-state index is 12.6. The molecule has 1 fully saturated rings. The quantitative estimate of drug-likeness (QED) is 0.412. The van der Waals surface area contributed by atoms with Crippen molar-refractivity contribution in [3.05, 3.63) is 23.8 Å². The van der Waals surface area contributed by atoms with Crippen molar-refractivity contribution in [2.24, 2.45) is 0 Å². The van der Waals surface area contributed by atoms with Crippen LogP contribution in [0, 0.1) is 0 Å². The highest BCUT2D eigenvalue weighted by Crippen LogP contribution is 2.27. The Hall–Kier alpha value is -2.46. The second-order valence-corrected chi connectivity index (χ2v) is 7.85. The van der Waals surface area contributed by atoms with Gasteiger partial charge in [0.2, 0.25) is 5.91 Å². The van der Waals surface area contributed by atoms with Gasteiger partial charge in [0.1, 0.15) is 6.04 Å². The molecule has 1 saturated heterocycles. The molecule has 2 rings (SSSR count). The largest absolute Gasteiger partial charge is 0.493 e. The lowest BCUT2D eigenvalue weighted by Gasteiger charge is -2.17. The first-order valence-electron chi connectivity index (χ1n) is 9.65. The molecule has 3 N–H and O–H groups in total. The summed E-state index contributed by atoms with van der Waals surface area (Å²) in [5.41, 5.74) is 0.883. The number of imide groups is 1. The van der Waals surface area contributed by atoms with Crippen LogP contribution in [0.15, 0.2) is 18.2 Å². The van der Waals surface area contributed by atoms with Gasteiger partial charge in [-0.05, 0) is 42.5 Å². The van der Waals surface area contributed by atoms with Crippen molar-refractivity contribution in [3.8, 4) is 11.5 Å². The third-order valence-electron chi connectivity index (χ3n) is 4.82. The molecule has 166 valence electrons. The molecule has 0 radical (unpaired) electrons. The molecule has 0 spiro atoms. The number of hydrogen-bond donors (Lipinski definition) is 3. The molecule has 0 aromatic heterocycles. The number of rotatable bonds is 12. The van der Waals surface area contributed by atoms with E-state index in [2.05, 4.69) is 10.6 Å². The van der Waals surface area contributed by atoms with Gasteiger partial charge in [0.05, 0.1) is 33.3 Å². The van der Waals surface area contributed by atoms with Crippen LogP contribution in [0.2, 0.25) is 0 Å². The summed E-state index contributed by atoms with van der Waals surface area (Å²) in [7, 11) is 3.09. The molecule has 2 atom stereocenters. The Morgan fingerprint density at radius 2 is 2.03 bits per heavy atom. The molecule has 1 aliphatic rings. The van der Waals surface area contributed by atoms with E-state index in [1.807, 2.05) is 12.3 Å². The number of urea groups is 1. The highest BCUT2D eigenvalue weighted by atomic mass is 32.2. The second-order valence-electron chi connectivity index (χ2n) is 6.86. The van der Waals surface area contributed by atoms with E-state index in [9.17, 15) is 19.5 Å². The summed E-state index contributed by atoms with van der Waals surface area (Å²) < 4.78 is 10.5. The van der Waals surface area contributed by atoms with Crippen molar-refractivity contribution >= 4 is 29.6 Å². The second kappa shape index (κ2) is 11.7. The molecular weight excluding hydrogens is 410 g/mol. The lowest BCUT2D eigenvalue weighted by molar-refractivity contribution is -0.131. The van der Waals surface area contributed by atoms with E-state index in [1.165, 1.54) is 7.11 Å². The van der Waals surface area contributed by atoms with Crippen LogP contribution < -0.4 is 20.1 Å². The molecule has 10 heteroatoms. The van der Waals surface area contributed by atoms with Gasteiger partial charge in [-0.15, -0.1) is 0 Å². The fraction of sp³-hybridized carbons (Fsp3) is 0.550. The first kappa shape index (κ1) is 23.8. The van der Waals surface area contributed by atoms with Gasteiger partial charge in [0.25, 0.3) is 5.91 Å². The number of aliphatic hydroxyl groups is 1. The SMILES string of the molecule is COc1ccc(CCN2C(=O)N[C@@H](CC(=O)N[C@@H](CO)CCSC)C2=O)cc1OC. The van der Waals surface area contributed by atoms with E-state index in [0.29, 0.717) is 24.3 Å². The molecule has 1 heterocycles. The fourth-order valence-corrected chi connectivity index (χ4v) is 3.67. The van der Waals surface area contributed by atoms with Crippen molar-refractivity contribution in [3.63, 3.8) is 0 Å². The summed E-state index contributed by atoms with van der Waals surface area (Å²) in [5, 5.41) is 14.6. The number of amides is 4. The van der Waals surface area contributed by atoms with E-state index >= 15 is 0 Å². The summed E-state index contributed by atoms with van der Waals surface area (Å²) >= 11 is 1.62. The predicted octanol–water partition coefficient (Wildman–Crippen LogP) is 0.787. The molecule has 0 unspecified atom stereocenters. The maximum Gasteiger partial charge on any atom is 0.324 e. The minimum absolute atomic E-state index is 0.160. The fourth-order valence-electron chi connectivity index (χ4n) is 3.15. The van der Waals surface area contributed by atoms with Gasteiger partial charge in [-0.3, -0.25) is 14.5 Å². The average Bonchev–Trinajstić information content (AvgIpc) is 3.01. The van der Waals surface area contributed by atoms with Crippen LogP contribution in [0.4, 0.5) is 4.79 Å². The molecule has 30 heavy (non-hydrogen) atoms. The molecule has 0 aliphatic carbocycles. The summed E-state index contributed by atoms with van der Waals surface area (Å²) in [6.07, 6.45) is 2.86. The first-order valence-corrected chi connectivity index (χ1v) is 11.0. The van der Waals surface area contributed by atoms with Crippen LogP contribution in [-0.2, 0) is 16.0 Å². The van der Waals surface area contributed by atoms with Gasteiger partial charge in [0.15, 0.2) is 11.5 Å². The highest BCUT2D eigenvalue weighted by molar-refractivity contribution is 7.98. The van der Waals surface area contributed by atoms with Crippen LogP contribution in [0.5, 0.6) is 11.5 Å². The normalized spacial score (nSPS) is 16.9. The highest BCUT2D eigenvalue weighted by Gasteiger charge is 2.38. The number of hydrogen-bond acceptors (Lipinski definition) is 7. The zero-order valence-corrected chi connectivity index (χ0v) is 18.3. The van der Waals surface area contributed by atoms with Crippen molar-refractivity contribution < 1.29 is 29.0 Å². The van der Waals surface area contributed by atoms with E-state index < -0.39 is 18.0 Å². The summed E-state index contributed by atoms with van der Waals surface area (Å²) in [4.78, 5) is 38.1. The van der Waals surface area contributed by atoms with Gasteiger partial charge in [-0.2, -0.15) is 11.8 Å². The zero-order valence-electron chi connectivity index (χ0n) is 17.5. The van der Waals surface area contributed by atoms with Gasteiger partial charge >= 0.3 is 6.03 Å². The summed E-state index contributed by atoms with van der Waals surface area (Å²) in [6.45, 7) is 0.0139. The van der Waals surface area contributed by atoms with Crippen LogP contribution in [0.25, 0.3) is 0 Å². The number of carbonyl (C=O) groups excluding carboxylic acids is 3. The number of carbonyl (C=O) groups is 3. The van der Waals surface area contributed by atoms with Gasteiger partial charge in [-0.25, -0.2) is 4.79 Å². The third kappa shape index (κ3) is 6.27. The summed E-state index contributed by atoms with van der Waals surface area (Å²) in [5.74, 6) is 1.16. The number of benzene rings is 1. The first-order chi connectivity index (χ1) is 14.4. The zero-order chi connectivity index (χ0) is 22.1. The Bertz CT molecular complexity index is 760. The number of methoxy groups -OCH3 is 2. The van der Waals surface area contributed by atoms with E-state index in [-0.39, 0.29) is 31.5 Å². The molecule has 4 amide bonds. The number of nitrogens with zero attached hydrogens (tertiary/aromatic N) is 1. The minimum Gasteiger partial charge on any atom is -0.493 e. The standard InChI is InChI=1S/C20H29N3O6S/c1-28-16-5-4-13(10-17(16)29-2)6-8-23-19(26)15(22-20(23)27)11-18(25)21-14(12-24)7-9-30-3/h4-5,10,14-15,24H,6-9,11-12H2,1-3H3,(H,21,25)(H,22,27)/t14-,15+/m1/s1. The number of nitrogens with one attached hydrogen (secondary N) is 2. The lowest BCUT2D eigenvalue weighted by atomic mass is 10.1. The lowest BCUT2D eigenvalue weighted by Crippen LogP contribution is -2.42. The Morgan fingerprint density at radius 1 is 1.30 bits per heavy atom. The molecule has 1 aromatic rings. The van der Waals surface area contributed by atoms with Crippen LogP contribution >= 0.6 is 11.8 Å². The molecule has 1 aliphatic heterocycles. The molecule has 0 bridgehead atoms. The van der Waals surface area contributed by atoms with Gasteiger partial charge < -0.3 is 25.2 Å². The number of aliphatic hydroxyl groups excluding tert-OH is 1. The monoisotopic (exact) mass is 439 g/mol. The van der Waals surface area contributed by atoms with Crippen molar-refractivity contribution in [1.29, 1.82) is 0 Å². The predicted molar refractivity (Wildman–Crippen MR) is 114 cm³/mol. The van der Waals surface area contributed by atoms with Crippen molar-refractivity contribution in [2.45, 2.75) is 31.3 Å². The maximum atomic E-state index is 12.6. The van der Waals surface area contributed by atoms with Crippen LogP contribution in [-0.4, -0.2) is 79.3 Å². The van der Waals surface area contributed by atoms with Crippen molar-refractivity contribution in [2.75, 3.05) is 39.4 Å². The molecule has 0 saturated carbocycles. The van der Waals surface area contributed by atoms with Gasteiger partial charge in [-0.1, -0.05) is 6.07 Å². The topological polar surface area (TPSA) is 117 Å². The van der Waals surface area contributed by atoms with E-state index in [4.69, 9.17) is 9.47 Å². The van der Waals surface area contributed by atoms with E-state index in [1.54, 1.807) is 31.0 Å². The Balaban J connectivity index is 1.90. The van der Waals surface area contributed by atoms with E-state index in [0.717, 1.165) is 16.2 Å². The minimum atomic E-state index is -0.900. The number of thioether (sulfide) groups is 1. The molecular formula is C20H29N3O6S. The average molecular weight is 440 g/mol. The molecule has 9 nitrogen and oxygen atoms in total. The Kier molecular flexibility index (Phi) is 9.25. The Morgan fingerprint density at radius 3 is 2.67 bits per heavy atom. The Labute approximate surface area is 180 Å². The smallest absolute Gasteiger partial charge is 0.324 e. The van der Waals surface area contributed by atoms with Crippen LogP contribution in [0.3, 0.4) is 0 Å². The number of ether oxygens (including phenoxy) is 2.